The Morgan fingerprint density at radius 3 is 2.55 bits per heavy atom. The normalized spacial score (nSPS) is 11.7. The molecule has 0 unspecified atom stereocenters. The van der Waals surface area contributed by atoms with Crippen molar-refractivity contribution in [2.24, 2.45) is 0 Å². The average Bonchev–Trinajstić information content (AvgIpc) is 2.73. The molecule has 0 aliphatic carbocycles. The molecule has 0 aromatic heterocycles. The zero-order valence-electron chi connectivity index (χ0n) is 17.4. The molecule has 0 heterocycles. The molecular formula is C23H31NO4S. The quantitative estimate of drug-likeness (QED) is 0.491. The largest absolute Gasteiger partial charge is 0.508 e. The summed E-state index contributed by atoms with van der Waals surface area (Å²) in [6.45, 7) is 2.75. The monoisotopic (exact) mass is 417 g/mol. The number of thioether (sulfide) groups is 1. The molecule has 0 radical (unpaired) electrons. The van der Waals surface area contributed by atoms with Crippen LogP contribution in [0.2, 0.25) is 0 Å². The molecule has 0 saturated carbocycles. The molecule has 1 amide bonds. The van der Waals surface area contributed by atoms with Gasteiger partial charge in [0.15, 0.2) is 11.5 Å². The number of unbranched alkanes of at least 4 members (excludes halogenated alkanes) is 2. The lowest BCUT2D eigenvalue weighted by Crippen LogP contribution is -2.38. The maximum atomic E-state index is 12.8. The average molecular weight is 418 g/mol. The van der Waals surface area contributed by atoms with E-state index in [1.54, 1.807) is 49.2 Å². The zero-order valence-corrected chi connectivity index (χ0v) is 18.3. The second-order valence-corrected chi connectivity index (χ2v) is 7.83. The van der Waals surface area contributed by atoms with Gasteiger partial charge in [-0.2, -0.15) is 11.8 Å². The van der Waals surface area contributed by atoms with Crippen LogP contribution in [0.3, 0.4) is 0 Å². The van der Waals surface area contributed by atoms with Crippen LogP contribution < -0.4 is 14.8 Å². The van der Waals surface area contributed by atoms with Crippen LogP contribution in [0.5, 0.6) is 17.2 Å². The molecule has 1 atom stereocenters. The van der Waals surface area contributed by atoms with Gasteiger partial charge in [-0.25, -0.2) is 0 Å². The second kappa shape index (κ2) is 12.3. The van der Waals surface area contributed by atoms with Crippen molar-refractivity contribution in [2.45, 2.75) is 38.6 Å². The first-order chi connectivity index (χ1) is 14.1. The number of aromatic hydroxyl groups is 1. The Bertz CT molecular complexity index is 764. The Hall–Kier alpha value is -2.34. The third-order valence-electron chi connectivity index (χ3n) is 4.55. The summed E-state index contributed by atoms with van der Waals surface area (Å²) in [5, 5.41) is 12.6. The van der Waals surface area contributed by atoms with Gasteiger partial charge in [-0.1, -0.05) is 31.9 Å². The minimum atomic E-state index is -0.135. The summed E-state index contributed by atoms with van der Waals surface area (Å²) in [6, 6.07) is 12.3. The standard InChI is InChI=1S/C23H31NO4S/c1-4-5-6-13-28-22-15-18(9-12-21(22)27-2)23(26)24-19(16-29-3)14-17-7-10-20(25)11-8-17/h7-12,15,19,25H,4-6,13-14,16H2,1-3H3,(H,24,26)/t19-/m0/s1. The molecular weight excluding hydrogens is 386 g/mol. The zero-order chi connectivity index (χ0) is 21.1. The van der Waals surface area contributed by atoms with Crippen molar-refractivity contribution in [1.82, 2.24) is 5.32 Å². The van der Waals surface area contributed by atoms with E-state index in [1.807, 2.05) is 18.4 Å². The summed E-state index contributed by atoms with van der Waals surface area (Å²) < 4.78 is 11.2. The number of amides is 1. The maximum Gasteiger partial charge on any atom is 0.251 e. The van der Waals surface area contributed by atoms with E-state index in [0.717, 1.165) is 30.6 Å². The predicted molar refractivity (Wildman–Crippen MR) is 119 cm³/mol. The maximum absolute atomic E-state index is 12.8. The number of carbonyl (C=O) groups is 1. The third kappa shape index (κ3) is 7.54. The number of phenols is 1. The highest BCUT2D eigenvalue weighted by Gasteiger charge is 2.16. The highest BCUT2D eigenvalue weighted by molar-refractivity contribution is 7.98. The van der Waals surface area contributed by atoms with E-state index in [4.69, 9.17) is 9.47 Å². The molecule has 0 aliphatic heterocycles. The summed E-state index contributed by atoms with van der Waals surface area (Å²) in [4.78, 5) is 12.8. The summed E-state index contributed by atoms with van der Waals surface area (Å²) in [5.41, 5.74) is 1.62. The number of methoxy groups -OCH3 is 1. The van der Waals surface area contributed by atoms with Crippen LogP contribution in [-0.4, -0.2) is 42.8 Å². The lowest BCUT2D eigenvalue weighted by atomic mass is 10.1. The summed E-state index contributed by atoms with van der Waals surface area (Å²) in [6.07, 6.45) is 5.92. The molecule has 6 heteroatoms. The van der Waals surface area contributed by atoms with Crippen molar-refractivity contribution in [1.29, 1.82) is 0 Å². The van der Waals surface area contributed by atoms with Crippen LogP contribution in [0.25, 0.3) is 0 Å². The van der Waals surface area contributed by atoms with Gasteiger partial charge in [-0.05, 0) is 55.0 Å². The minimum Gasteiger partial charge on any atom is -0.508 e. The molecule has 29 heavy (non-hydrogen) atoms. The Kier molecular flexibility index (Phi) is 9.71. The summed E-state index contributed by atoms with van der Waals surface area (Å²) in [5.74, 6) is 2.12. The number of benzene rings is 2. The number of hydrogen-bond donors (Lipinski definition) is 2. The van der Waals surface area contributed by atoms with Gasteiger partial charge in [0, 0.05) is 17.4 Å². The first kappa shape index (κ1) is 22.9. The first-order valence-corrected chi connectivity index (χ1v) is 11.3. The smallest absolute Gasteiger partial charge is 0.251 e. The fourth-order valence-electron chi connectivity index (χ4n) is 3.00. The second-order valence-electron chi connectivity index (χ2n) is 6.92. The predicted octanol–water partition coefficient (Wildman–Crippen LogP) is 4.67. The van der Waals surface area contributed by atoms with E-state index in [1.165, 1.54) is 0 Å². The molecule has 0 spiro atoms. The van der Waals surface area contributed by atoms with Gasteiger partial charge in [-0.3, -0.25) is 4.79 Å². The topological polar surface area (TPSA) is 67.8 Å². The van der Waals surface area contributed by atoms with Crippen molar-refractivity contribution >= 4 is 17.7 Å². The van der Waals surface area contributed by atoms with E-state index in [2.05, 4.69) is 12.2 Å². The summed E-state index contributed by atoms with van der Waals surface area (Å²) >= 11 is 1.69. The van der Waals surface area contributed by atoms with Crippen LogP contribution >= 0.6 is 11.8 Å². The van der Waals surface area contributed by atoms with Gasteiger partial charge in [0.25, 0.3) is 5.91 Å². The molecule has 0 saturated heterocycles. The Balaban J connectivity index is 2.06. The van der Waals surface area contributed by atoms with E-state index >= 15 is 0 Å². The van der Waals surface area contributed by atoms with Crippen molar-refractivity contribution in [3.63, 3.8) is 0 Å². The molecule has 2 rings (SSSR count). The molecule has 0 bridgehead atoms. The van der Waals surface area contributed by atoms with E-state index in [-0.39, 0.29) is 17.7 Å². The Labute approximate surface area is 177 Å². The first-order valence-electron chi connectivity index (χ1n) is 9.96. The van der Waals surface area contributed by atoms with Crippen molar-refractivity contribution < 1.29 is 19.4 Å². The number of hydrogen-bond acceptors (Lipinski definition) is 5. The van der Waals surface area contributed by atoms with E-state index in [9.17, 15) is 9.90 Å². The molecule has 2 N–H and O–H groups in total. The lowest BCUT2D eigenvalue weighted by Gasteiger charge is -2.19. The number of rotatable bonds is 12. The number of carbonyl (C=O) groups excluding carboxylic acids is 1. The number of ether oxygens (including phenoxy) is 2. The van der Waals surface area contributed by atoms with Crippen molar-refractivity contribution in [3.8, 4) is 17.2 Å². The highest BCUT2D eigenvalue weighted by atomic mass is 32.2. The van der Waals surface area contributed by atoms with Crippen LogP contribution in [0, 0.1) is 0 Å². The molecule has 2 aromatic carbocycles. The molecule has 158 valence electrons. The fourth-order valence-corrected chi connectivity index (χ4v) is 3.61. The number of phenolic OH excluding ortho intramolecular Hbond substituents is 1. The molecule has 0 aliphatic rings. The lowest BCUT2D eigenvalue weighted by molar-refractivity contribution is 0.0940. The molecule has 2 aromatic rings. The Morgan fingerprint density at radius 1 is 1.14 bits per heavy atom. The van der Waals surface area contributed by atoms with Crippen LogP contribution in [0.1, 0.15) is 42.1 Å². The SMILES string of the molecule is CCCCCOc1cc(C(=O)N[C@H](CSC)Cc2ccc(O)cc2)ccc1OC. The fraction of sp³-hybridized carbons (Fsp3) is 0.435. The third-order valence-corrected chi connectivity index (χ3v) is 5.29. The van der Waals surface area contributed by atoms with E-state index < -0.39 is 0 Å². The van der Waals surface area contributed by atoms with Gasteiger partial charge >= 0.3 is 0 Å². The Morgan fingerprint density at radius 2 is 1.90 bits per heavy atom. The van der Waals surface area contributed by atoms with Gasteiger partial charge in [-0.15, -0.1) is 0 Å². The van der Waals surface area contributed by atoms with Gasteiger partial charge in [0.05, 0.1) is 13.7 Å². The number of nitrogens with one attached hydrogen (secondary N) is 1. The van der Waals surface area contributed by atoms with Gasteiger partial charge < -0.3 is 19.9 Å². The molecule has 5 nitrogen and oxygen atoms in total. The van der Waals surface area contributed by atoms with Crippen LogP contribution in [-0.2, 0) is 6.42 Å². The van der Waals surface area contributed by atoms with Gasteiger partial charge in [0.2, 0.25) is 0 Å². The molecule has 0 fully saturated rings. The van der Waals surface area contributed by atoms with Crippen LogP contribution in [0.4, 0.5) is 0 Å². The minimum absolute atomic E-state index is 0.0157. The van der Waals surface area contributed by atoms with Crippen molar-refractivity contribution in [2.75, 3.05) is 25.7 Å². The van der Waals surface area contributed by atoms with Gasteiger partial charge in [0.1, 0.15) is 5.75 Å². The highest BCUT2D eigenvalue weighted by Crippen LogP contribution is 2.28. The van der Waals surface area contributed by atoms with Crippen molar-refractivity contribution in [3.05, 3.63) is 53.6 Å². The van der Waals surface area contributed by atoms with E-state index in [0.29, 0.717) is 30.1 Å². The van der Waals surface area contributed by atoms with Crippen LogP contribution in [0.15, 0.2) is 42.5 Å². The summed E-state index contributed by atoms with van der Waals surface area (Å²) in [7, 11) is 1.60.